The molecule has 0 aliphatic carbocycles. The number of rotatable bonds is 3. The Labute approximate surface area is 120 Å². The average molecular weight is 277 g/mol. The molecule has 3 rings (SSSR count). The van der Waals surface area contributed by atoms with Crippen LogP contribution in [-0.2, 0) is 4.74 Å². The Hall–Kier alpha value is -0.510. The van der Waals surface area contributed by atoms with E-state index in [9.17, 15) is 0 Å². The number of benzene rings is 1. The van der Waals surface area contributed by atoms with E-state index in [-0.39, 0.29) is 0 Å². The van der Waals surface area contributed by atoms with Gasteiger partial charge in [0.05, 0.1) is 6.61 Å². The van der Waals surface area contributed by atoms with Crippen LogP contribution in [0.5, 0.6) is 0 Å². The number of aryl methyl sites for hydroxylation is 1. The van der Waals surface area contributed by atoms with Crippen molar-refractivity contribution in [3.63, 3.8) is 0 Å². The Morgan fingerprint density at radius 1 is 1.32 bits per heavy atom. The maximum atomic E-state index is 5.52. The lowest BCUT2D eigenvalue weighted by atomic mass is 10.0. The van der Waals surface area contributed by atoms with Gasteiger partial charge in [0.25, 0.3) is 0 Å². The van der Waals surface area contributed by atoms with Crippen LogP contribution < -0.4 is 0 Å². The summed E-state index contributed by atoms with van der Waals surface area (Å²) in [5.74, 6) is 3.25. The van der Waals surface area contributed by atoms with Crippen molar-refractivity contribution >= 4 is 11.8 Å². The van der Waals surface area contributed by atoms with Crippen molar-refractivity contribution in [1.29, 1.82) is 0 Å². The molecule has 19 heavy (non-hydrogen) atoms. The molecule has 3 heteroatoms. The SMILES string of the molecule is Cc1ccc(C2CSCCN2CC2CCOC2)cc1. The summed E-state index contributed by atoms with van der Waals surface area (Å²) >= 11 is 2.09. The second-order valence-electron chi connectivity index (χ2n) is 5.73. The van der Waals surface area contributed by atoms with Gasteiger partial charge in [0.15, 0.2) is 0 Å². The zero-order valence-corrected chi connectivity index (χ0v) is 12.5. The molecule has 0 saturated carbocycles. The van der Waals surface area contributed by atoms with Crippen LogP contribution in [0.3, 0.4) is 0 Å². The lowest BCUT2D eigenvalue weighted by Crippen LogP contribution is -2.39. The predicted molar refractivity (Wildman–Crippen MR) is 81.7 cm³/mol. The summed E-state index contributed by atoms with van der Waals surface area (Å²) in [4.78, 5) is 2.68. The molecule has 0 spiro atoms. The molecule has 0 radical (unpaired) electrons. The van der Waals surface area contributed by atoms with Crippen LogP contribution in [0.2, 0.25) is 0 Å². The quantitative estimate of drug-likeness (QED) is 0.842. The van der Waals surface area contributed by atoms with Gasteiger partial charge in [-0.25, -0.2) is 0 Å². The van der Waals surface area contributed by atoms with Crippen molar-refractivity contribution in [3.05, 3.63) is 35.4 Å². The number of ether oxygens (including phenoxy) is 1. The third-order valence-electron chi connectivity index (χ3n) is 4.22. The molecule has 0 bridgehead atoms. The first kappa shape index (κ1) is 13.5. The van der Waals surface area contributed by atoms with Crippen molar-refractivity contribution in [2.24, 2.45) is 5.92 Å². The molecule has 2 unspecified atom stereocenters. The summed E-state index contributed by atoms with van der Waals surface area (Å²) in [6, 6.07) is 9.70. The summed E-state index contributed by atoms with van der Waals surface area (Å²) in [7, 11) is 0. The Morgan fingerprint density at radius 2 is 2.16 bits per heavy atom. The monoisotopic (exact) mass is 277 g/mol. The Kier molecular flexibility index (Phi) is 4.46. The van der Waals surface area contributed by atoms with Crippen LogP contribution in [-0.4, -0.2) is 42.7 Å². The lowest BCUT2D eigenvalue weighted by Gasteiger charge is -2.37. The van der Waals surface area contributed by atoms with E-state index >= 15 is 0 Å². The van der Waals surface area contributed by atoms with Crippen molar-refractivity contribution in [1.82, 2.24) is 4.90 Å². The Morgan fingerprint density at radius 3 is 2.89 bits per heavy atom. The minimum atomic E-state index is 0.597. The average Bonchev–Trinajstić information content (AvgIpc) is 2.93. The summed E-state index contributed by atoms with van der Waals surface area (Å²) in [5, 5.41) is 0. The fourth-order valence-electron chi connectivity index (χ4n) is 3.01. The molecule has 2 nitrogen and oxygen atoms in total. The molecular weight excluding hydrogens is 254 g/mol. The minimum absolute atomic E-state index is 0.597. The van der Waals surface area contributed by atoms with Crippen molar-refractivity contribution < 1.29 is 4.74 Å². The molecule has 2 heterocycles. The lowest BCUT2D eigenvalue weighted by molar-refractivity contribution is 0.152. The molecule has 1 aromatic rings. The number of hydrogen-bond acceptors (Lipinski definition) is 3. The number of hydrogen-bond donors (Lipinski definition) is 0. The topological polar surface area (TPSA) is 12.5 Å². The summed E-state index contributed by atoms with van der Waals surface area (Å²) in [5.41, 5.74) is 2.83. The molecule has 104 valence electrons. The highest BCUT2D eigenvalue weighted by atomic mass is 32.2. The Balaban J connectivity index is 1.70. The predicted octanol–water partition coefficient (Wildman–Crippen LogP) is 3.12. The van der Waals surface area contributed by atoms with Crippen LogP contribution in [0.15, 0.2) is 24.3 Å². The first-order valence-corrected chi connectivity index (χ1v) is 8.44. The molecule has 2 fully saturated rings. The zero-order chi connectivity index (χ0) is 13.1. The van der Waals surface area contributed by atoms with Crippen LogP contribution in [0, 0.1) is 12.8 Å². The normalized spacial score (nSPS) is 28.7. The summed E-state index contributed by atoms with van der Waals surface area (Å²) in [6.45, 7) is 6.51. The van der Waals surface area contributed by atoms with Crippen LogP contribution in [0.25, 0.3) is 0 Å². The smallest absolute Gasteiger partial charge is 0.0507 e. The number of thioether (sulfide) groups is 1. The largest absolute Gasteiger partial charge is 0.381 e. The number of nitrogens with zero attached hydrogens (tertiary/aromatic N) is 1. The molecular formula is C16H23NOS. The second-order valence-corrected chi connectivity index (χ2v) is 6.88. The van der Waals surface area contributed by atoms with Crippen LogP contribution in [0.4, 0.5) is 0 Å². The highest BCUT2D eigenvalue weighted by molar-refractivity contribution is 7.99. The van der Waals surface area contributed by atoms with E-state index in [1.54, 1.807) is 0 Å². The maximum Gasteiger partial charge on any atom is 0.0507 e. The molecule has 2 aliphatic rings. The highest BCUT2D eigenvalue weighted by Crippen LogP contribution is 2.31. The Bertz CT molecular complexity index is 400. The van der Waals surface area contributed by atoms with Crippen molar-refractivity contribution in [3.8, 4) is 0 Å². The molecule has 1 aromatic carbocycles. The first-order valence-electron chi connectivity index (χ1n) is 7.29. The van der Waals surface area contributed by atoms with Gasteiger partial charge in [-0.1, -0.05) is 29.8 Å². The van der Waals surface area contributed by atoms with E-state index in [0.717, 1.165) is 19.1 Å². The molecule has 0 amide bonds. The summed E-state index contributed by atoms with van der Waals surface area (Å²) < 4.78 is 5.52. The fraction of sp³-hybridized carbons (Fsp3) is 0.625. The van der Waals surface area contributed by atoms with Gasteiger partial charge in [0.2, 0.25) is 0 Å². The van der Waals surface area contributed by atoms with E-state index in [0.29, 0.717) is 6.04 Å². The van der Waals surface area contributed by atoms with E-state index in [1.165, 1.54) is 42.1 Å². The van der Waals surface area contributed by atoms with E-state index in [4.69, 9.17) is 4.74 Å². The molecule has 2 atom stereocenters. The van der Waals surface area contributed by atoms with Crippen molar-refractivity contribution in [2.75, 3.05) is 37.8 Å². The highest BCUT2D eigenvalue weighted by Gasteiger charge is 2.27. The first-order chi connectivity index (χ1) is 9.33. The van der Waals surface area contributed by atoms with Gasteiger partial charge in [-0.2, -0.15) is 11.8 Å². The van der Waals surface area contributed by atoms with E-state index in [2.05, 4.69) is 47.9 Å². The molecule has 0 N–H and O–H groups in total. The van der Waals surface area contributed by atoms with Gasteiger partial charge >= 0.3 is 0 Å². The van der Waals surface area contributed by atoms with Gasteiger partial charge in [0, 0.05) is 37.2 Å². The minimum Gasteiger partial charge on any atom is -0.381 e. The van der Waals surface area contributed by atoms with E-state index in [1.807, 2.05) is 0 Å². The van der Waals surface area contributed by atoms with Crippen LogP contribution >= 0.6 is 11.8 Å². The zero-order valence-electron chi connectivity index (χ0n) is 11.7. The van der Waals surface area contributed by atoms with Gasteiger partial charge in [0.1, 0.15) is 0 Å². The van der Waals surface area contributed by atoms with Gasteiger partial charge in [-0.3, -0.25) is 4.90 Å². The molecule has 0 aromatic heterocycles. The van der Waals surface area contributed by atoms with Crippen molar-refractivity contribution in [2.45, 2.75) is 19.4 Å². The summed E-state index contributed by atoms with van der Waals surface area (Å²) in [6.07, 6.45) is 1.24. The molecule has 2 saturated heterocycles. The van der Waals surface area contributed by atoms with Gasteiger partial charge < -0.3 is 4.74 Å². The van der Waals surface area contributed by atoms with E-state index < -0.39 is 0 Å². The standard InChI is InChI=1S/C16H23NOS/c1-13-2-4-15(5-3-13)16-12-19-9-7-17(16)10-14-6-8-18-11-14/h2-5,14,16H,6-12H2,1H3. The third kappa shape index (κ3) is 3.33. The van der Waals surface area contributed by atoms with Crippen LogP contribution in [0.1, 0.15) is 23.6 Å². The second kappa shape index (κ2) is 6.29. The third-order valence-corrected chi connectivity index (χ3v) is 5.24. The van der Waals surface area contributed by atoms with Gasteiger partial charge in [-0.05, 0) is 24.8 Å². The molecule has 2 aliphatic heterocycles. The maximum absolute atomic E-state index is 5.52. The fourth-order valence-corrected chi connectivity index (χ4v) is 4.17. The van der Waals surface area contributed by atoms with Gasteiger partial charge in [-0.15, -0.1) is 0 Å².